The number of fused-ring (bicyclic) bond motifs is 6. The van der Waals surface area contributed by atoms with Gasteiger partial charge in [-0.1, -0.05) is 108 Å². The number of nitrogens with zero attached hydrogens (tertiary/aromatic N) is 4. The average molecular weight is 760 g/mol. The first-order chi connectivity index (χ1) is 23.9. The monoisotopic (exact) mass is 759 g/mol. The smallest absolute Gasteiger partial charge is 0.294 e. The third kappa shape index (κ3) is 10.4. The van der Waals surface area contributed by atoms with Gasteiger partial charge in [-0.05, 0) is 59.0 Å². The molecule has 13 heteroatoms. The molecule has 10 nitrogen and oxygen atoms in total. The summed E-state index contributed by atoms with van der Waals surface area (Å²) in [4.78, 5) is -0.133. The van der Waals surface area contributed by atoms with Gasteiger partial charge in [-0.2, -0.15) is 41.6 Å². The SMILES string of the molecule is C1=C[N-]c2c3c(ccc2=C1)=CC=C[N-]3.C1=C[N-]c2c3c(ccc2=C1)=CC=C[N-]3.Cc1ccc(S(=O)(=O)O)cc1.Cc1ccc(S(=O)(=O)O)cc1.[Mn]. The number of aryl methyl sites for hydroxylation is 2. The van der Waals surface area contributed by atoms with Crippen LogP contribution in [0.1, 0.15) is 11.1 Å². The summed E-state index contributed by atoms with van der Waals surface area (Å²) in [5, 5.41) is 21.9. The molecule has 4 aromatic carbocycles. The van der Waals surface area contributed by atoms with Crippen LogP contribution in [0, 0.1) is 13.8 Å². The molecule has 4 aliphatic rings. The molecule has 263 valence electrons. The standard InChI is InChI=1S/2C12H8N2.2C7H8O3S.Mn/c2*1-3-9-5-6-10-4-2-8-14-12(10)11(9)13-7-1;2*1-6-2-4-7(5-3-6)11(8,9)10;/h2*1-8H;2*2-5H,1H3,(H,8,9,10);/q2*-2;;;. The normalized spacial score (nSPS) is 13.4. The van der Waals surface area contributed by atoms with Crippen LogP contribution < -0.4 is 20.9 Å². The van der Waals surface area contributed by atoms with Crippen LogP contribution in [0.4, 0.5) is 22.7 Å². The fraction of sp³-hybridized carbons (Fsp3) is 0.0526. The van der Waals surface area contributed by atoms with Crippen molar-refractivity contribution >= 4 is 67.3 Å². The third-order valence-electron chi connectivity index (χ3n) is 7.33. The van der Waals surface area contributed by atoms with Crippen LogP contribution in [0.2, 0.25) is 0 Å². The van der Waals surface area contributed by atoms with Crippen molar-refractivity contribution in [3.8, 4) is 0 Å². The fourth-order valence-corrected chi connectivity index (χ4v) is 5.74. The van der Waals surface area contributed by atoms with Gasteiger partial charge in [-0.15, -0.1) is 22.7 Å². The zero-order chi connectivity index (χ0) is 35.7. The summed E-state index contributed by atoms with van der Waals surface area (Å²) in [5.74, 6) is 0. The maximum absolute atomic E-state index is 10.5. The van der Waals surface area contributed by atoms with Gasteiger partial charge in [0.1, 0.15) is 0 Å². The third-order valence-corrected chi connectivity index (χ3v) is 9.06. The van der Waals surface area contributed by atoms with Crippen molar-refractivity contribution in [2.45, 2.75) is 23.6 Å². The second-order valence-electron chi connectivity index (χ2n) is 11.0. The van der Waals surface area contributed by atoms with Crippen LogP contribution in [-0.4, -0.2) is 25.9 Å². The molecular formula is C38H32MnN4O6S2-4. The van der Waals surface area contributed by atoms with Crippen LogP contribution in [-0.2, 0) is 37.3 Å². The quantitative estimate of drug-likeness (QED) is 0.163. The van der Waals surface area contributed by atoms with Gasteiger partial charge in [-0.25, -0.2) is 0 Å². The Morgan fingerprint density at radius 1 is 0.412 bits per heavy atom. The summed E-state index contributed by atoms with van der Waals surface area (Å²) >= 11 is 0. The molecule has 0 bridgehead atoms. The summed E-state index contributed by atoms with van der Waals surface area (Å²) in [6.45, 7) is 3.68. The molecule has 0 saturated carbocycles. The van der Waals surface area contributed by atoms with E-state index in [1.165, 1.54) is 24.3 Å². The van der Waals surface area contributed by atoms with Gasteiger partial charge < -0.3 is 21.3 Å². The molecule has 51 heavy (non-hydrogen) atoms. The summed E-state index contributed by atoms with van der Waals surface area (Å²) < 4.78 is 59.1. The van der Waals surface area contributed by atoms with E-state index < -0.39 is 20.2 Å². The Labute approximate surface area is 307 Å². The molecule has 0 atom stereocenters. The molecular weight excluding hydrogens is 728 g/mol. The predicted octanol–water partition coefficient (Wildman–Crippen LogP) is 7.11. The van der Waals surface area contributed by atoms with Crippen molar-refractivity contribution in [3.05, 3.63) is 175 Å². The van der Waals surface area contributed by atoms with Crippen molar-refractivity contribution in [1.29, 1.82) is 0 Å². The molecule has 0 fully saturated rings. The molecule has 4 aliphatic heterocycles. The molecule has 0 unspecified atom stereocenters. The zero-order valence-corrected chi connectivity index (χ0v) is 30.2. The molecule has 0 saturated heterocycles. The van der Waals surface area contributed by atoms with E-state index >= 15 is 0 Å². The Hall–Kier alpha value is -5.14. The van der Waals surface area contributed by atoms with Crippen molar-refractivity contribution in [1.82, 2.24) is 0 Å². The van der Waals surface area contributed by atoms with E-state index in [1.54, 1.807) is 49.1 Å². The number of rotatable bonds is 2. The Morgan fingerprint density at radius 2 is 0.647 bits per heavy atom. The topological polar surface area (TPSA) is 165 Å². The number of allylic oxidation sites excluding steroid dienone is 4. The molecule has 2 N–H and O–H groups in total. The predicted molar refractivity (Wildman–Crippen MR) is 200 cm³/mol. The summed E-state index contributed by atoms with van der Waals surface area (Å²) in [6, 6.07) is 20.3. The first-order valence-corrected chi connectivity index (χ1v) is 18.0. The van der Waals surface area contributed by atoms with Crippen LogP contribution in [0.5, 0.6) is 0 Å². The van der Waals surface area contributed by atoms with E-state index in [2.05, 4.69) is 69.8 Å². The first kappa shape index (κ1) is 38.7. The van der Waals surface area contributed by atoms with Gasteiger partial charge in [0.2, 0.25) is 0 Å². The van der Waals surface area contributed by atoms with E-state index in [-0.39, 0.29) is 26.9 Å². The Balaban J connectivity index is 0.000000153. The number of benzene rings is 4. The second kappa shape index (κ2) is 17.2. The molecule has 0 aromatic heterocycles. The molecule has 4 aromatic rings. The van der Waals surface area contributed by atoms with Gasteiger partial charge in [0.05, 0.1) is 9.79 Å². The van der Waals surface area contributed by atoms with Crippen LogP contribution in [0.15, 0.2) is 132 Å². The van der Waals surface area contributed by atoms with E-state index in [0.717, 1.165) is 54.8 Å². The molecule has 1 radical (unpaired) electrons. The minimum Gasteiger partial charge on any atom is -0.665 e. The number of hydrogen-bond acceptors (Lipinski definition) is 4. The van der Waals surface area contributed by atoms with E-state index in [1.807, 2.05) is 38.2 Å². The maximum Gasteiger partial charge on any atom is 0.294 e. The summed E-state index contributed by atoms with van der Waals surface area (Å²) in [5.41, 5.74) is 5.82. The van der Waals surface area contributed by atoms with Gasteiger partial charge in [0, 0.05) is 17.1 Å². The zero-order valence-electron chi connectivity index (χ0n) is 27.4. The minimum absolute atomic E-state index is 0. The van der Waals surface area contributed by atoms with Crippen LogP contribution in [0.3, 0.4) is 0 Å². The minimum atomic E-state index is -4.02. The van der Waals surface area contributed by atoms with Gasteiger partial charge >= 0.3 is 0 Å². The molecule has 4 heterocycles. The Morgan fingerprint density at radius 3 is 0.863 bits per heavy atom. The Kier molecular flexibility index (Phi) is 13.0. The van der Waals surface area contributed by atoms with Crippen molar-refractivity contribution in [3.63, 3.8) is 0 Å². The van der Waals surface area contributed by atoms with E-state index in [4.69, 9.17) is 9.11 Å². The summed E-state index contributed by atoms with van der Waals surface area (Å²) in [7, 11) is -8.04. The molecule has 8 rings (SSSR count). The Bertz CT molecular complexity index is 2220. The maximum atomic E-state index is 10.5. The number of hydrogen-bond donors (Lipinski definition) is 2. The molecule has 0 spiro atoms. The van der Waals surface area contributed by atoms with Gasteiger partial charge in [0.15, 0.2) is 0 Å². The average Bonchev–Trinajstić information content (AvgIpc) is 3.12. The second-order valence-corrected chi connectivity index (χ2v) is 13.9. The van der Waals surface area contributed by atoms with Crippen molar-refractivity contribution in [2.75, 3.05) is 0 Å². The van der Waals surface area contributed by atoms with Gasteiger partial charge in [0.25, 0.3) is 20.2 Å². The summed E-state index contributed by atoms with van der Waals surface area (Å²) in [6.07, 6.45) is 23.2. The fourth-order valence-electron chi connectivity index (χ4n) is 4.78. The van der Waals surface area contributed by atoms with Gasteiger partial charge in [-0.3, -0.25) is 9.11 Å². The first-order valence-electron chi connectivity index (χ1n) is 15.2. The molecule has 0 aliphatic carbocycles. The van der Waals surface area contributed by atoms with Crippen LogP contribution in [0.25, 0.3) is 45.6 Å². The van der Waals surface area contributed by atoms with Crippen LogP contribution >= 0.6 is 0 Å². The molecule has 0 amide bonds. The van der Waals surface area contributed by atoms with Crippen molar-refractivity contribution in [2.24, 2.45) is 0 Å². The van der Waals surface area contributed by atoms with Crippen molar-refractivity contribution < 1.29 is 43.0 Å². The largest absolute Gasteiger partial charge is 0.665 e. The van der Waals surface area contributed by atoms with E-state index in [0.29, 0.717) is 0 Å². The van der Waals surface area contributed by atoms with E-state index in [9.17, 15) is 16.8 Å².